The lowest BCUT2D eigenvalue weighted by atomic mass is 9.74. The van der Waals surface area contributed by atoms with Crippen molar-refractivity contribution in [1.29, 1.82) is 0 Å². The van der Waals surface area contributed by atoms with Gasteiger partial charge < -0.3 is 15.5 Å². The molecule has 190 valence electrons. The number of aryl methyl sites for hydroxylation is 2. The minimum absolute atomic E-state index is 0.0110. The number of fused-ring (bicyclic) bond motifs is 2. The highest BCUT2D eigenvalue weighted by molar-refractivity contribution is 6.09. The van der Waals surface area contributed by atoms with Crippen LogP contribution in [0.5, 0.6) is 0 Å². The van der Waals surface area contributed by atoms with E-state index in [0.717, 1.165) is 18.5 Å². The lowest BCUT2D eigenvalue weighted by Gasteiger charge is -2.27. The molecule has 0 spiro atoms. The van der Waals surface area contributed by atoms with Gasteiger partial charge in [-0.2, -0.15) is 13.2 Å². The molecule has 4 aromatic heterocycles. The summed E-state index contributed by atoms with van der Waals surface area (Å²) in [6, 6.07) is 0. The van der Waals surface area contributed by atoms with Crippen LogP contribution >= 0.6 is 0 Å². The Morgan fingerprint density at radius 2 is 1.97 bits per heavy atom. The van der Waals surface area contributed by atoms with E-state index in [1.807, 2.05) is 6.92 Å². The fourth-order valence-corrected chi connectivity index (χ4v) is 5.08. The molecular weight excluding hydrogens is 487 g/mol. The monoisotopic (exact) mass is 509 g/mol. The molecule has 3 N–H and O–H groups in total. The number of alkyl halides is 3. The fourth-order valence-electron chi connectivity index (χ4n) is 5.08. The van der Waals surface area contributed by atoms with Crippen LogP contribution in [0.25, 0.3) is 17.2 Å². The molecule has 6 rings (SSSR count). The maximum Gasteiger partial charge on any atom is 0.389 e. The van der Waals surface area contributed by atoms with Gasteiger partial charge in [-0.25, -0.2) is 19.9 Å². The average Bonchev–Trinajstić information content (AvgIpc) is 3.49. The molecule has 1 atom stereocenters. The first-order chi connectivity index (χ1) is 17.7. The summed E-state index contributed by atoms with van der Waals surface area (Å²) in [5, 5.41) is 2.86. The third-order valence-corrected chi connectivity index (χ3v) is 6.84. The second kappa shape index (κ2) is 8.18. The van der Waals surface area contributed by atoms with E-state index in [1.165, 1.54) is 0 Å². The molecule has 13 heteroatoms. The molecule has 4 aromatic rings. The molecule has 0 radical (unpaired) electrons. The van der Waals surface area contributed by atoms with Crippen molar-refractivity contribution in [2.75, 3.05) is 11.1 Å². The van der Waals surface area contributed by atoms with Gasteiger partial charge in [0, 0.05) is 31.2 Å². The lowest BCUT2D eigenvalue weighted by molar-refractivity contribution is -0.135. The normalized spacial score (nSPS) is 19.3. The number of nitrogens with zero attached hydrogens (tertiary/aromatic N) is 7. The van der Waals surface area contributed by atoms with Crippen LogP contribution in [-0.4, -0.2) is 46.4 Å². The van der Waals surface area contributed by atoms with Gasteiger partial charge in [-0.1, -0.05) is 0 Å². The van der Waals surface area contributed by atoms with E-state index in [9.17, 15) is 18.0 Å². The number of aromatic nitrogens is 7. The van der Waals surface area contributed by atoms with Crippen LogP contribution in [0.4, 0.5) is 24.8 Å². The van der Waals surface area contributed by atoms with E-state index in [2.05, 4.69) is 35.2 Å². The summed E-state index contributed by atoms with van der Waals surface area (Å²) < 4.78 is 39.8. The zero-order valence-electron chi connectivity index (χ0n) is 19.7. The highest BCUT2D eigenvalue weighted by Gasteiger charge is 2.60. The maximum absolute atomic E-state index is 13.5. The van der Waals surface area contributed by atoms with Crippen molar-refractivity contribution in [2.45, 2.75) is 50.6 Å². The first-order valence-corrected chi connectivity index (χ1v) is 11.8. The number of carbonyl (C=O) groups excluding carboxylic acids is 1. The maximum atomic E-state index is 13.5. The van der Waals surface area contributed by atoms with Gasteiger partial charge in [-0.3, -0.25) is 14.8 Å². The Morgan fingerprint density at radius 1 is 1.16 bits per heavy atom. The van der Waals surface area contributed by atoms with Gasteiger partial charge in [0.15, 0.2) is 11.5 Å². The highest BCUT2D eigenvalue weighted by atomic mass is 19.4. The molecule has 10 nitrogen and oxygen atoms in total. The van der Waals surface area contributed by atoms with Crippen molar-refractivity contribution in [3.05, 3.63) is 53.6 Å². The summed E-state index contributed by atoms with van der Waals surface area (Å²) in [7, 11) is 0. The Kier molecular flexibility index (Phi) is 5.14. The highest BCUT2D eigenvalue weighted by Crippen LogP contribution is 2.57. The standard InChI is InChI=1S/C24H22F3N9O/c1-12-9-31-16(10-30-12)24(13-4-5-13)17-18(28)33-19(34-20(17)35-22(24)37)15-11-36-8-7-29-21(36)14(32-15)3-2-6-23(25,26)27/h7-11,13H,2-6H2,1H3,(H3,28,33,34,35,37). The summed E-state index contributed by atoms with van der Waals surface area (Å²) in [5.74, 6) is 0.229. The van der Waals surface area contributed by atoms with Gasteiger partial charge in [0.25, 0.3) is 0 Å². The van der Waals surface area contributed by atoms with Crippen molar-refractivity contribution in [3.63, 3.8) is 0 Å². The van der Waals surface area contributed by atoms with Gasteiger partial charge >= 0.3 is 6.18 Å². The van der Waals surface area contributed by atoms with Crippen molar-refractivity contribution in [3.8, 4) is 11.5 Å². The third kappa shape index (κ3) is 3.85. The van der Waals surface area contributed by atoms with Gasteiger partial charge in [-0.15, -0.1) is 0 Å². The fraction of sp³-hybridized carbons (Fsp3) is 0.375. The Balaban J connectivity index is 1.43. The minimum atomic E-state index is -4.26. The van der Waals surface area contributed by atoms with Crippen LogP contribution in [0.2, 0.25) is 0 Å². The number of anilines is 2. The number of halogens is 3. The van der Waals surface area contributed by atoms with Gasteiger partial charge in [0.1, 0.15) is 22.7 Å². The first kappa shape index (κ1) is 23.3. The molecule has 1 amide bonds. The molecule has 1 saturated carbocycles. The predicted molar refractivity (Wildman–Crippen MR) is 126 cm³/mol. The van der Waals surface area contributed by atoms with Gasteiger partial charge in [0.2, 0.25) is 5.91 Å². The Morgan fingerprint density at radius 3 is 2.68 bits per heavy atom. The molecule has 1 unspecified atom stereocenters. The van der Waals surface area contributed by atoms with Crippen LogP contribution in [-0.2, 0) is 16.6 Å². The van der Waals surface area contributed by atoms with E-state index in [0.29, 0.717) is 28.3 Å². The zero-order chi connectivity index (χ0) is 25.9. The Labute approximate surface area is 208 Å². The lowest BCUT2D eigenvalue weighted by Crippen LogP contribution is -2.39. The van der Waals surface area contributed by atoms with Crippen LogP contribution < -0.4 is 11.1 Å². The number of carbonyl (C=O) groups is 1. The molecule has 0 aromatic carbocycles. The summed E-state index contributed by atoms with van der Waals surface area (Å²) in [6.45, 7) is 1.81. The first-order valence-electron chi connectivity index (χ1n) is 11.8. The second-order valence-corrected chi connectivity index (χ2v) is 9.44. The Bertz CT molecular complexity index is 1530. The predicted octanol–water partition coefficient (Wildman–Crippen LogP) is 3.40. The molecule has 1 fully saturated rings. The number of hydrogen-bond donors (Lipinski definition) is 2. The zero-order valence-corrected chi connectivity index (χ0v) is 19.7. The molecule has 37 heavy (non-hydrogen) atoms. The molecular formula is C24H22F3N9O. The summed E-state index contributed by atoms with van der Waals surface area (Å²) >= 11 is 0. The number of amides is 1. The number of nitrogens with two attached hydrogens (primary N) is 1. The minimum Gasteiger partial charge on any atom is -0.383 e. The quantitative estimate of drug-likeness (QED) is 0.404. The summed E-state index contributed by atoms with van der Waals surface area (Å²) in [5.41, 5.74) is 8.17. The number of rotatable bonds is 6. The average molecular weight is 509 g/mol. The van der Waals surface area contributed by atoms with E-state index < -0.39 is 18.0 Å². The van der Waals surface area contributed by atoms with Crippen molar-refractivity contribution < 1.29 is 18.0 Å². The molecule has 0 bridgehead atoms. The van der Waals surface area contributed by atoms with Crippen LogP contribution in [0, 0.1) is 12.8 Å². The SMILES string of the molecule is Cc1cnc(C2(C3CC3)C(=O)Nc3nc(-c4cn5ccnc5c(CCCC(F)(F)F)n4)nc(N)c32)cn1. The van der Waals surface area contributed by atoms with E-state index in [4.69, 9.17) is 5.73 Å². The molecule has 1 aliphatic carbocycles. The van der Waals surface area contributed by atoms with Crippen molar-refractivity contribution in [2.24, 2.45) is 5.92 Å². The van der Waals surface area contributed by atoms with Crippen LogP contribution in [0.3, 0.4) is 0 Å². The number of nitrogen functional groups attached to an aromatic ring is 1. The number of hydrogen-bond acceptors (Lipinski definition) is 8. The van der Waals surface area contributed by atoms with Crippen molar-refractivity contribution in [1.82, 2.24) is 34.3 Å². The Hall–Kier alpha value is -4.16. The second-order valence-electron chi connectivity index (χ2n) is 9.44. The van der Waals surface area contributed by atoms with E-state index >= 15 is 0 Å². The smallest absolute Gasteiger partial charge is 0.383 e. The molecule has 1 aliphatic heterocycles. The molecule has 2 aliphatic rings. The molecule has 0 saturated heterocycles. The van der Waals surface area contributed by atoms with Gasteiger partial charge in [-0.05, 0) is 38.5 Å². The third-order valence-electron chi connectivity index (χ3n) is 6.84. The summed E-state index contributed by atoms with van der Waals surface area (Å²) in [6.07, 6.45) is 4.45. The van der Waals surface area contributed by atoms with Crippen molar-refractivity contribution >= 4 is 23.2 Å². The summed E-state index contributed by atoms with van der Waals surface area (Å²) in [4.78, 5) is 40.2. The van der Waals surface area contributed by atoms with E-state index in [-0.39, 0.29) is 42.1 Å². The van der Waals surface area contributed by atoms with Gasteiger partial charge in [0.05, 0.1) is 28.8 Å². The van der Waals surface area contributed by atoms with Crippen LogP contribution in [0.1, 0.15) is 48.3 Å². The topological polar surface area (TPSA) is 137 Å². The number of imidazole rings is 1. The largest absolute Gasteiger partial charge is 0.389 e. The number of nitrogens with one attached hydrogen (secondary N) is 1. The van der Waals surface area contributed by atoms with E-state index in [1.54, 1.807) is 35.4 Å². The van der Waals surface area contributed by atoms with Crippen LogP contribution in [0.15, 0.2) is 31.0 Å². The molecule has 5 heterocycles.